The van der Waals surface area contributed by atoms with Gasteiger partial charge in [0.2, 0.25) is 0 Å². The summed E-state index contributed by atoms with van der Waals surface area (Å²) in [5.41, 5.74) is 11.7. The van der Waals surface area contributed by atoms with Crippen molar-refractivity contribution in [2.75, 3.05) is 0 Å². The first-order valence-corrected chi connectivity index (χ1v) is 20.3. The molecule has 0 bridgehead atoms. The van der Waals surface area contributed by atoms with E-state index in [1.807, 2.05) is 41.0 Å². The number of thiophene rings is 2. The number of hydrogen-bond donors (Lipinski definition) is 0. The van der Waals surface area contributed by atoms with Crippen LogP contribution in [-0.2, 0) is 0 Å². The van der Waals surface area contributed by atoms with Gasteiger partial charge in [-0.1, -0.05) is 133 Å². The van der Waals surface area contributed by atoms with Gasteiger partial charge in [0.25, 0.3) is 0 Å². The molecule has 0 saturated carbocycles. The van der Waals surface area contributed by atoms with Crippen molar-refractivity contribution in [2.45, 2.75) is 0 Å². The maximum Gasteiger partial charge on any atom is 0.160 e. The summed E-state index contributed by atoms with van der Waals surface area (Å²) >= 11 is 3.72. The molecule has 7 aromatic carbocycles. The lowest BCUT2D eigenvalue weighted by atomic mass is 9.94. The van der Waals surface area contributed by atoms with E-state index >= 15 is 0 Å². The normalized spacial score (nSPS) is 11.6. The van der Waals surface area contributed by atoms with Gasteiger partial charge in [-0.25, -0.2) is 9.97 Å². The Kier molecular flexibility index (Phi) is 7.87. The van der Waals surface area contributed by atoms with Crippen molar-refractivity contribution in [1.29, 1.82) is 0 Å². The molecule has 0 saturated heterocycles. The molecule has 0 aliphatic carbocycles. The number of rotatable bonds is 6. The zero-order valence-corrected chi connectivity index (χ0v) is 31.7. The minimum absolute atomic E-state index is 0.688. The van der Waals surface area contributed by atoms with Crippen molar-refractivity contribution in [3.8, 4) is 67.3 Å². The van der Waals surface area contributed by atoms with Crippen molar-refractivity contribution in [3.05, 3.63) is 188 Å². The summed E-state index contributed by atoms with van der Waals surface area (Å²) in [4.78, 5) is 15.0. The van der Waals surface area contributed by atoms with Crippen molar-refractivity contribution in [1.82, 2.24) is 15.0 Å². The van der Waals surface area contributed by atoms with Crippen LogP contribution in [0.1, 0.15) is 0 Å². The van der Waals surface area contributed by atoms with Gasteiger partial charge in [0, 0.05) is 69.4 Å². The molecule has 0 unspecified atom stereocenters. The molecule has 0 N–H and O–H groups in total. The molecule has 0 aliphatic rings. The van der Waals surface area contributed by atoms with Crippen LogP contribution >= 0.6 is 22.7 Å². The third kappa shape index (κ3) is 5.68. The number of fused-ring (bicyclic) bond motifs is 6. The summed E-state index contributed by atoms with van der Waals surface area (Å²) in [6, 6.07) is 62.9. The molecule has 0 aliphatic heterocycles. The molecule has 56 heavy (non-hydrogen) atoms. The van der Waals surface area contributed by atoms with Gasteiger partial charge in [-0.15, -0.1) is 22.7 Å². The largest absolute Gasteiger partial charge is 0.264 e. The van der Waals surface area contributed by atoms with Crippen LogP contribution < -0.4 is 0 Å². The van der Waals surface area contributed by atoms with Gasteiger partial charge >= 0.3 is 0 Å². The fourth-order valence-corrected chi connectivity index (χ4v) is 10.3. The highest BCUT2D eigenvalue weighted by molar-refractivity contribution is 7.26. The molecule has 0 atom stereocenters. The third-order valence-corrected chi connectivity index (χ3v) is 13.0. The minimum Gasteiger partial charge on any atom is -0.264 e. The minimum atomic E-state index is 0.688. The predicted molar refractivity (Wildman–Crippen MR) is 238 cm³/mol. The highest BCUT2D eigenvalue weighted by Crippen LogP contribution is 2.45. The van der Waals surface area contributed by atoms with Crippen molar-refractivity contribution in [2.24, 2.45) is 0 Å². The van der Waals surface area contributed by atoms with Crippen molar-refractivity contribution in [3.63, 3.8) is 0 Å². The van der Waals surface area contributed by atoms with Crippen LogP contribution in [0.15, 0.2) is 188 Å². The lowest BCUT2D eigenvalue weighted by Crippen LogP contribution is -1.97. The van der Waals surface area contributed by atoms with Crippen molar-refractivity contribution < 1.29 is 0 Å². The number of hydrogen-bond acceptors (Lipinski definition) is 5. The topological polar surface area (TPSA) is 38.7 Å². The van der Waals surface area contributed by atoms with E-state index in [1.165, 1.54) is 51.5 Å². The van der Waals surface area contributed by atoms with Gasteiger partial charge in [0.15, 0.2) is 5.82 Å². The molecule has 0 spiro atoms. The fraction of sp³-hybridized carbons (Fsp3) is 0. The summed E-state index contributed by atoms with van der Waals surface area (Å²) < 4.78 is 5.15. The molecule has 3 nitrogen and oxygen atoms in total. The van der Waals surface area contributed by atoms with E-state index in [-0.39, 0.29) is 0 Å². The van der Waals surface area contributed by atoms with Gasteiger partial charge in [-0.05, 0) is 75.8 Å². The van der Waals surface area contributed by atoms with Crippen LogP contribution in [0.3, 0.4) is 0 Å². The van der Waals surface area contributed by atoms with E-state index in [2.05, 4.69) is 169 Å². The van der Waals surface area contributed by atoms with E-state index in [0.717, 1.165) is 50.3 Å². The van der Waals surface area contributed by atoms with Gasteiger partial charge in [-0.2, -0.15) is 0 Å². The smallest absolute Gasteiger partial charge is 0.160 e. The first-order valence-electron chi connectivity index (χ1n) is 18.7. The maximum absolute atomic E-state index is 5.35. The molecular formula is C51H31N3S2. The molecule has 4 aromatic heterocycles. The molecule has 5 heteroatoms. The molecule has 0 radical (unpaired) electrons. The van der Waals surface area contributed by atoms with Crippen LogP contribution in [0.25, 0.3) is 108 Å². The van der Waals surface area contributed by atoms with Gasteiger partial charge in [-0.3, -0.25) is 4.98 Å². The molecule has 11 aromatic rings. The second-order valence-corrected chi connectivity index (χ2v) is 16.1. The first kappa shape index (κ1) is 32.6. The molecule has 11 rings (SSSR count). The standard InChI is InChI=1S/C51H31N3S2/c1-2-11-33(12-3-1)45-30-46(34-24-22-32(23-25-34)35-13-10-26-52-31-35)54-51(53-45)38-28-36(39-16-8-18-43-41-14-4-6-20-47(41)55-49(39)43)27-37(29-38)40-17-9-19-44-42-15-5-7-21-48(42)56-50(40)44/h1-31H. The summed E-state index contributed by atoms with van der Waals surface area (Å²) in [6.45, 7) is 0. The van der Waals surface area contributed by atoms with Crippen molar-refractivity contribution >= 4 is 63.0 Å². The van der Waals surface area contributed by atoms with Crippen LogP contribution in [-0.4, -0.2) is 15.0 Å². The highest BCUT2D eigenvalue weighted by atomic mass is 32.1. The Morgan fingerprint density at radius 1 is 0.339 bits per heavy atom. The Labute approximate surface area is 331 Å². The molecular weight excluding hydrogens is 719 g/mol. The average Bonchev–Trinajstić information content (AvgIpc) is 3.86. The second-order valence-electron chi connectivity index (χ2n) is 14.0. The Bertz CT molecular complexity index is 3110. The van der Waals surface area contributed by atoms with Gasteiger partial charge in [0.05, 0.1) is 11.4 Å². The van der Waals surface area contributed by atoms with Crippen LogP contribution in [0.5, 0.6) is 0 Å². The first-order chi connectivity index (χ1) is 27.7. The average molecular weight is 750 g/mol. The van der Waals surface area contributed by atoms with E-state index in [4.69, 9.17) is 9.97 Å². The molecule has 0 amide bonds. The summed E-state index contributed by atoms with van der Waals surface area (Å²) in [7, 11) is 0. The Morgan fingerprint density at radius 2 is 0.839 bits per heavy atom. The number of aromatic nitrogens is 3. The zero-order valence-electron chi connectivity index (χ0n) is 30.1. The number of benzene rings is 7. The van der Waals surface area contributed by atoms with E-state index < -0.39 is 0 Å². The van der Waals surface area contributed by atoms with Gasteiger partial charge in [0.1, 0.15) is 0 Å². The van der Waals surface area contributed by atoms with Gasteiger partial charge < -0.3 is 0 Å². The lowest BCUT2D eigenvalue weighted by molar-refractivity contribution is 1.18. The van der Waals surface area contributed by atoms with Crippen LogP contribution in [0.4, 0.5) is 0 Å². The van der Waals surface area contributed by atoms with E-state index in [1.54, 1.807) is 6.20 Å². The Hall–Kier alpha value is -6.79. The summed E-state index contributed by atoms with van der Waals surface area (Å²) in [6.07, 6.45) is 3.70. The highest BCUT2D eigenvalue weighted by Gasteiger charge is 2.18. The predicted octanol–water partition coefficient (Wildman–Crippen LogP) is 14.6. The van der Waals surface area contributed by atoms with Crippen LogP contribution in [0.2, 0.25) is 0 Å². The molecule has 0 fully saturated rings. The lowest BCUT2D eigenvalue weighted by Gasteiger charge is -2.14. The van der Waals surface area contributed by atoms with Crippen LogP contribution in [0, 0.1) is 0 Å². The molecule has 262 valence electrons. The van der Waals surface area contributed by atoms with E-state index in [0.29, 0.717) is 5.82 Å². The molecule has 4 heterocycles. The zero-order chi connectivity index (χ0) is 37.0. The Balaban J connectivity index is 1.15. The number of pyridine rings is 1. The maximum atomic E-state index is 5.35. The third-order valence-electron chi connectivity index (χ3n) is 10.6. The monoisotopic (exact) mass is 749 g/mol. The SMILES string of the molecule is c1ccc(-c2cc(-c3ccc(-c4cccnc4)cc3)nc(-c3cc(-c4cccc5c4sc4ccccc45)cc(-c4cccc5c4sc4ccccc45)c3)n2)cc1. The van der Waals surface area contributed by atoms with E-state index in [9.17, 15) is 0 Å². The fourth-order valence-electron chi connectivity index (χ4n) is 7.86. The summed E-state index contributed by atoms with van der Waals surface area (Å²) in [5.74, 6) is 0.688. The quantitative estimate of drug-likeness (QED) is 0.170. The second kappa shape index (κ2) is 13.5. The Morgan fingerprint density at radius 3 is 1.43 bits per heavy atom. The summed E-state index contributed by atoms with van der Waals surface area (Å²) in [5, 5.41) is 5.14. The number of nitrogens with zero attached hydrogens (tertiary/aromatic N) is 3.